The average molecular weight is 289 g/mol. The summed E-state index contributed by atoms with van der Waals surface area (Å²) in [6.07, 6.45) is 2.55. The average Bonchev–Trinajstić information content (AvgIpc) is 2.46. The van der Waals surface area contributed by atoms with E-state index in [0.29, 0.717) is 26.2 Å². The Morgan fingerprint density at radius 3 is 2.62 bits per heavy atom. The van der Waals surface area contributed by atoms with E-state index in [9.17, 15) is 4.79 Å². The van der Waals surface area contributed by atoms with Gasteiger partial charge >= 0.3 is 0 Å². The summed E-state index contributed by atoms with van der Waals surface area (Å²) in [5, 5.41) is 0. The molecule has 0 saturated carbocycles. The second-order valence-electron chi connectivity index (χ2n) is 5.15. The summed E-state index contributed by atoms with van der Waals surface area (Å²) in [5.41, 5.74) is 1.83. The zero-order valence-electron chi connectivity index (χ0n) is 13.0. The highest BCUT2D eigenvalue weighted by molar-refractivity contribution is 6.00. The van der Waals surface area contributed by atoms with Crippen molar-refractivity contribution in [3.8, 4) is 11.5 Å². The first-order chi connectivity index (χ1) is 10.1. The van der Waals surface area contributed by atoms with Gasteiger partial charge < -0.3 is 14.4 Å². The molecule has 1 saturated heterocycles. The molecule has 4 nitrogen and oxygen atoms in total. The Balaban J connectivity index is 2.27. The molecule has 0 radical (unpaired) electrons. The van der Waals surface area contributed by atoms with Gasteiger partial charge in [0.1, 0.15) is 0 Å². The van der Waals surface area contributed by atoms with Gasteiger partial charge in [0.05, 0.1) is 13.2 Å². The van der Waals surface area contributed by atoms with Gasteiger partial charge in [-0.3, -0.25) is 4.79 Å². The molecule has 0 amide bonds. The van der Waals surface area contributed by atoms with Crippen molar-refractivity contribution in [3.05, 3.63) is 29.3 Å². The maximum absolute atomic E-state index is 12.0. The number of likely N-dealkylation sites (tertiary alicyclic amines) is 1. The third-order valence-electron chi connectivity index (χ3n) is 3.43. The van der Waals surface area contributed by atoms with Crippen LogP contribution in [0, 0.1) is 0 Å². The van der Waals surface area contributed by atoms with Crippen molar-refractivity contribution >= 4 is 11.9 Å². The molecule has 21 heavy (non-hydrogen) atoms. The summed E-state index contributed by atoms with van der Waals surface area (Å²) in [4.78, 5) is 14.1. The predicted octanol–water partition coefficient (Wildman–Crippen LogP) is 2.77. The third-order valence-corrected chi connectivity index (χ3v) is 3.43. The number of hydrogen-bond acceptors (Lipinski definition) is 4. The predicted molar refractivity (Wildman–Crippen MR) is 83.9 cm³/mol. The number of carbonyl (C=O) groups is 1. The van der Waals surface area contributed by atoms with Crippen LogP contribution >= 0.6 is 0 Å². The molecule has 1 aromatic carbocycles. The summed E-state index contributed by atoms with van der Waals surface area (Å²) < 4.78 is 11.2. The maximum atomic E-state index is 12.0. The van der Waals surface area contributed by atoms with Crippen LogP contribution in [0.5, 0.6) is 11.5 Å². The number of piperidine rings is 1. The van der Waals surface area contributed by atoms with E-state index in [1.54, 1.807) is 0 Å². The number of benzene rings is 1. The van der Waals surface area contributed by atoms with Crippen LogP contribution in [-0.2, 0) is 4.79 Å². The summed E-state index contributed by atoms with van der Waals surface area (Å²) in [7, 11) is 2.03. The van der Waals surface area contributed by atoms with E-state index in [-0.39, 0.29) is 5.78 Å². The first-order valence-corrected chi connectivity index (χ1v) is 7.46. The highest BCUT2D eigenvalue weighted by atomic mass is 16.5. The molecule has 0 bridgehead atoms. The summed E-state index contributed by atoms with van der Waals surface area (Å²) in [5.74, 6) is 1.71. The highest BCUT2D eigenvalue weighted by Gasteiger charge is 2.18. The highest BCUT2D eigenvalue weighted by Crippen LogP contribution is 2.29. The minimum atomic E-state index is 0.236. The molecule has 1 aliphatic rings. The van der Waals surface area contributed by atoms with Crippen molar-refractivity contribution in [2.75, 3.05) is 33.4 Å². The van der Waals surface area contributed by atoms with Crippen LogP contribution in [-0.4, -0.2) is 44.0 Å². The number of carbonyl (C=O) groups excluding carboxylic acids is 1. The van der Waals surface area contributed by atoms with E-state index in [2.05, 4.69) is 4.90 Å². The Kier molecular flexibility index (Phi) is 5.39. The lowest BCUT2D eigenvalue weighted by Gasteiger charge is -2.23. The molecule has 1 fully saturated rings. The van der Waals surface area contributed by atoms with E-state index >= 15 is 0 Å². The Morgan fingerprint density at radius 1 is 1.19 bits per heavy atom. The fourth-order valence-corrected chi connectivity index (χ4v) is 2.40. The Labute approximate surface area is 126 Å². The first-order valence-electron chi connectivity index (χ1n) is 7.46. The monoisotopic (exact) mass is 289 g/mol. The van der Waals surface area contributed by atoms with Gasteiger partial charge in [0.25, 0.3) is 0 Å². The number of Topliss-reactive ketones (excluding diaryl/α,β-unsaturated/α-hetero) is 1. The summed E-state index contributed by atoms with van der Waals surface area (Å²) in [6, 6.07) is 5.80. The summed E-state index contributed by atoms with van der Waals surface area (Å²) in [6.45, 7) is 6.62. The van der Waals surface area contributed by atoms with Gasteiger partial charge in [0, 0.05) is 25.1 Å². The molecule has 0 N–H and O–H groups in total. The van der Waals surface area contributed by atoms with Gasteiger partial charge in [0.15, 0.2) is 17.3 Å². The minimum Gasteiger partial charge on any atom is -0.490 e. The van der Waals surface area contributed by atoms with E-state index in [0.717, 1.165) is 29.2 Å². The number of likely N-dealkylation sites (N-methyl/N-ethyl adjacent to an activating group) is 1. The molecule has 1 heterocycles. The van der Waals surface area contributed by atoms with Crippen molar-refractivity contribution in [1.29, 1.82) is 0 Å². The van der Waals surface area contributed by atoms with Crippen LogP contribution in [0.3, 0.4) is 0 Å². The van der Waals surface area contributed by atoms with Crippen LogP contribution in [0.2, 0.25) is 0 Å². The van der Waals surface area contributed by atoms with Crippen molar-refractivity contribution < 1.29 is 14.3 Å². The van der Waals surface area contributed by atoms with Crippen molar-refractivity contribution in [2.24, 2.45) is 0 Å². The van der Waals surface area contributed by atoms with Gasteiger partial charge in [-0.25, -0.2) is 0 Å². The van der Waals surface area contributed by atoms with Crippen LogP contribution in [0.25, 0.3) is 6.08 Å². The number of hydrogen-bond donors (Lipinski definition) is 0. The molecule has 0 atom stereocenters. The molecule has 0 unspecified atom stereocenters. The molecule has 0 aliphatic carbocycles. The summed E-state index contributed by atoms with van der Waals surface area (Å²) >= 11 is 0. The Bertz CT molecular complexity index is 537. The van der Waals surface area contributed by atoms with Crippen molar-refractivity contribution in [2.45, 2.75) is 20.3 Å². The fourth-order valence-electron chi connectivity index (χ4n) is 2.40. The van der Waals surface area contributed by atoms with Gasteiger partial charge in [-0.2, -0.15) is 0 Å². The molecular weight excluding hydrogens is 266 g/mol. The van der Waals surface area contributed by atoms with Crippen LogP contribution in [0.1, 0.15) is 25.8 Å². The van der Waals surface area contributed by atoms with Crippen LogP contribution < -0.4 is 9.47 Å². The number of rotatable bonds is 5. The Hall–Kier alpha value is -1.81. The molecule has 4 heteroatoms. The molecule has 1 aromatic rings. The van der Waals surface area contributed by atoms with E-state index in [1.165, 1.54) is 0 Å². The van der Waals surface area contributed by atoms with Crippen molar-refractivity contribution in [3.63, 3.8) is 0 Å². The molecule has 0 spiro atoms. The lowest BCUT2D eigenvalue weighted by Crippen LogP contribution is -2.32. The molecule has 2 rings (SSSR count). The van der Waals surface area contributed by atoms with Crippen LogP contribution in [0.4, 0.5) is 0 Å². The maximum Gasteiger partial charge on any atom is 0.161 e. The molecular formula is C17H23NO3. The minimum absolute atomic E-state index is 0.236. The fraction of sp³-hybridized carbons (Fsp3) is 0.471. The van der Waals surface area contributed by atoms with Gasteiger partial charge in [-0.05, 0) is 44.7 Å². The standard InChI is InChI=1S/C17H23NO3/c1-4-20-16-7-6-13(11-17(16)21-5-2)10-14-12-18(3)9-8-15(14)19/h6-7,10-11H,4-5,8-9,12H2,1-3H3/b14-10+. The number of ether oxygens (including phenoxy) is 2. The lowest BCUT2D eigenvalue weighted by molar-refractivity contribution is -0.117. The van der Waals surface area contributed by atoms with E-state index in [4.69, 9.17) is 9.47 Å². The zero-order valence-corrected chi connectivity index (χ0v) is 13.0. The first kappa shape index (κ1) is 15.6. The second-order valence-corrected chi connectivity index (χ2v) is 5.15. The normalized spacial score (nSPS) is 18.0. The van der Waals surface area contributed by atoms with E-state index < -0.39 is 0 Å². The SMILES string of the molecule is CCOc1ccc(/C=C2\CN(C)CCC2=O)cc1OCC. The second kappa shape index (κ2) is 7.27. The largest absolute Gasteiger partial charge is 0.490 e. The lowest BCUT2D eigenvalue weighted by atomic mass is 10.0. The number of ketones is 1. The van der Waals surface area contributed by atoms with Gasteiger partial charge in [-0.1, -0.05) is 6.07 Å². The molecule has 114 valence electrons. The quantitative estimate of drug-likeness (QED) is 0.781. The number of nitrogens with zero attached hydrogens (tertiary/aromatic N) is 1. The topological polar surface area (TPSA) is 38.8 Å². The smallest absolute Gasteiger partial charge is 0.161 e. The third kappa shape index (κ3) is 4.08. The van der Waals surface area contributed by atoms with Gasteiger partial charge in [-0.15, -0.1) is 0 Å². The molecule has 0 aromatic heterocycles. The zero-order chi connectivity index (χ0) is 15.2. The van der Waals surface area contributed by atoms with Crippen LogP contribution in [0.15, 0.2) is 23.8 Å². The van der Waals surface area contributed by atoms with Crippen molar-refractivity contribution in [1.82, 2.24) is 4.90 Å². The van der Waals surface area contributed by atoms with Gasteiger partial charge in [0.2, 0.25) is 0 Å². The molecule has 1 aliphatic heterocycles. The van der Waals surface area contributed by atoms with E-state index in [1.807, 2.05) is 45.2 Å². The Morgan fingerprint density at radius 2 is 1.90 bits per heavy atom.